The SMILES string of the molecule is CC(NC(Cc1ccc(-n2c(=O)c3ccccc3n(Cc3ccccc3)c2=O)cc1)C(=O)O)C1=C=C(Cl)C=CC=C1Cl. The monoisotopic (exact) mass is 599 g/mol. The summed E-state index contributed by atoms with van der Waals surface area (Å²) in [5.41, 5.74) is 5.24. The normalized spacial score (nSPS) is 14.5. The Balaban J connectivity index is 1.45. The summed E-state index contributed by atoms with van der Waals surface area (Å²) < 4.78 is 2.74. The second-order valence-electron chi connectivity index (χ2n) is 9.92. The highest BCUT2D eigenvalue weighted by molar-refractivity contribution is 6.33. The molecule has 0 radical (unpaired) electrons. The Bertz CT molecular complexity index is 1900. The van der Waals surface area contributed by atoms with E-state index in [1.54, 1.807) is 78.2 Å². The van der Waals surface area contributed by atoms with Crippen LogP contribution in [-0.2, 0) is 17.8 Å². The maximum atomic E-state index is 13.7. The van der Waals surface area contributed by atoms with Crippen LogP contribution in [0.15, 0.2) is 128 Å². The lowest BCUT2D eigenvalue weighted by molar-refractivity contribution is -0.139. The smallest absolute Gasteiger partial charge is 0.336 e. The molecule has 1 heterocycles. The number of benzene rings is 3. The van der Waals surface area contributed by atoms with Gasteiger partial charge in [-0.25, -0.2) is 9.36 Å². The van der Waals surface area contributed by atoms with Crippen LogP contribution in [0.5, 0.6) is 0 Å². The third-order valence-corrected chi connectivity index (χ3v) is 7.60. The Morgan fingerprint density at radius 2 is 1.64 bits per heavy atom. The van der Waals surface area contributed by atoms with Gasteiger partial charge in [0, 0.05) is 11.6 Å². The Hall–Kier alpha value is -4.39. The average molecular weight is 601 g/mol. The number of nitrogens with zero attached hydrogens (tertiary/aromatic N) is 2. The first-order valence-electron chi connectivity index (χ1n) is 13.3. The van der Waals surface area contributed by atoms with Gasteiger partial charge in [-0.2, -0.15) is 0 Å². The second kappa shape index (κ2) is 12.6. The number of carbonyl (C=O) groups is 1. The first-order valence-corrected chi connectivity index (χ1v) is 14.1. The molecule has 1 aromatic heterocycles. The van der Waals surface area contributed by atoms with Gasteiger partial charge in [0.05, 0.1) is 33.2 Å². The van der Waals surface area contributed by atoms with Crippen molar-refractivity contribution in [3.8, 4) is 5.69 Å². The van der Waals surface area contributed by atoms with Crippen molar-refractivity contribution in [2.45, 2.75) is 32.0 Å². The first kappa shape index (κ1) is 29.1. The van der Waals surface area contributed by atoms with Gasteiger partial charge in [0.1, 0.15) is 6.04 Å². The second-order valence-corrected chi connectivity index (χ2v) is 10.7. The van der Waals surface area contributed by atoms with Crippen LogP contribution in [-0.4, -0.2) is 32.3 Å². The third-order valence-electron chi connectivity index (χ3n) is 7.05. The van der Waals surface area contributed by atoms with Crippen LogP contribution in [0, 0.1) is 0 Å². The van der Waals surface area contributed by atoms with E-state index in [1.165, 1.54) is 0 Å². The molecule has 0 saturated carbocycles. The van der Waals surface area contributed by atoms with E-state index >= 15 is 0 Å². The predicted octanol–water partition coefficient (Wildman–Crippen LogP) is 5.52. The highest BCUT2D eigenvalue weighted by Crippen LogP contribution is 2.23. The fraction of sp³-hybridized carbons (Fsp3) is 0.152. The van der Waals surface area contributed by atoms with Gasteiger partial charge in [-0.15, -0.1) is 0 Å². The fourth-order valence-electron chi connectivity index (χ4n) is 4.94. The van der Waals surface area contributed by atoms with E-state index in [9.17, 15) is 19.5 Å². The number of rotatable bonds is 9. The van der Waals surface area contributed by atoms with Crippen LogP contribution in [0.1, 0.15) is 18.1 Å². The Kier molecular flexibility index (Phi) is 8.76. The maximum absolute atomic E-state index is 13.7. The minimum Gasteiger partial charge on any atom is -0.480 e. The number of hydrogen-bond acceptors (Lipinski definition) is 4. The maximum Gasteiger partial charge on any atom is 0.336 e. The minimum absolute atomic E-state index is 0.148. The molecule has 2 unspecified atom stereocenters. The highest BCUT2D eigenvalue weighted by Gasteiger charge is 2.23. The number of carboxylic acids is 1. The van der Waals surface area contributed by atoms with Gasteiger partial charge in [-0.1, -0.05) is 89.6 Å². The highest BCUT2D eigenvalue weighted by atomic mass is 35.5. The van der Waals surface area contributed by atoms with Gasteiger partial charge in [0.15, 0.2) is 0 Å². The molecule has 2 atom stereocenters. The Morgan fingerprint density at radius 1 is 0.952 bits per heavy atom. The summed E-state index contributed by atoms with van der Waals surface area (Å²) in [5, 5.41) is 14.2. The molecule has 0 spiro atoms. The van der Waals surface area contributed by atoms with Gasteiger partial charge >= 0.3 is 11.7 Å². The Morgan fingerprint density at radius 3 is 2.36 bits per heavy atom. The van der Waals surface area contributed by atoms with Gasteiger partial charge in [-0.3, -0.25) is 19.5 Å². The number of para-hydroxylation sites is 1. The predicted molar refractivity (Wildman–Crippen MR) is 167 cm³/mol. The molecule has 3 aromatic carbocycles. The molecule has 0 aliphatic heterocycles. The van der Waals surface area contributed by atoms with E-state index in [4.69, 9.17) is 23.2 Å². The van der Waals surface area contributed by atoms with Crippen LogP contribution < -0.4 is 16.6 Å². The molecule has 4 aromatic rings. The lowest BCUT2D eigenvalue weighted by atomic mass is 10.0. The number of carboxylic acid groups (broad SMARTS) is 1. The van der Waals surface area contributed by atoms with Crippen LogP contribution in [0.25, 0.3) is 16.6 Å². The summed E-state index contributed by atoms with van der Waals surface area (Å²) in [6.45, 7) is 2.09. The summed E-state index contributed by atoms with van der Waals surface area (Å²) >= 11 is 12.5. The molecule has 7 nitrogen and oxygen atoms in total. The van der Waals surface area contributed by atoms with E-state index in [0.29, 0.717) is 44.3 Å². The van der Waals surface area contributed by atoms with E-state index in [-0.39, 0.29) is 6.42 Å². The molecular weight excluding hydrogens is 573 g/mol. The van der Waals surface area contributed by atoms with Crippen molar-refractivity contribution in [1.29, 1.82) is 0 Å². The summed E-state index contributed by atoms with van der Waals surface area (Å²) in [6.07, 6.45) is 5.17. The van der Waals surface area contributed by atoms with Crippen molar-refractivity contribution < 1.29 is 9.90 Å². The average Bonchev–Trinajstić information content (AvgIpc) is 3.16. The van der Waals surface area contributed by atoms with Crippen LogP contribution >= 0.6 is 23.2 Å². The lowest BCUT2D eigenvalue weighted by Gasteiger charge is -2.21. The summed E-state index contributed by atoms with van der Waals surface area (Å²) in [6, 6.07) is 22.0. The van der Waals surface area contributed by atoms with E-state index in [2.05, 4.69) is 11.0 Å². The molecule has 1 aliphatic rings. The van der Waals surface area contributed by atoms with Crippen molar-refractivity contribution in [1.82, 2.24) is 14.5 Å². The van der Waals surface area contributed by atoms with Crippen LogP contribution in [0.4, 0.5) is 0 Å². The number of halogens is 2. The molecular formula is C33H27Cl2N3O4. The van der Waals surface area contributed by atoms with Crippen molar-refractivity contribution >= 4 is 40.1 Å². The Labute approximate surface area is 252 Å². The van der Waals surface area contributed by atoms with Crippen LogP contribution in [0.3, 0.4) is 0 Å². The number of fused-ring (bicyclic) bond motifs is 1. The fourth-order valence-corrected chi connectivity index (χ4v) is 5.40. The lowest BCUT2D eigenvalue weighted by Crippen LogP contribution is -2.44. The number of allylic oxidation sites excluding steroid dienone is 3. The zero-order valence-electron chi connectivity index (χ0n) is 22.6. The van der Waals surface area contributed by atoms with Gasteiger partial charge in [0.2, 0.25) is 0 Å². The zero-order valence-corrected chi connectivity index (χ0v) is 24.1. The quantitative estimate of drug-likeness (QED) is 0.247. The summed E-state index contributed by atoms with van der Waals surface area (Å²) in [5.74, 6) is -1.04. The zero-order chi connectivity index (χ0) is 29.8. The standard InChI is InChI=1S/C33H27Cl2N3O4/c1-21(27-19-24(34)10-7-12-28(27)35)36-29(32(40)41)18-22-14-16-25(17-15-22)38-31(39)26-11-5-6-13-30(26)37(33(38)42)20-23-8-3-2-4-9-23/h2-17,21,29,36H,18,20H2,1H3,(H,40,41). The number of nitrogens with one attached hydrogen (secondary N) is 1. The molecule has 0 fully saturated rings. The molecule has 2 N–H and O–H groups in total. The largest absolute Gasteiger partial charge is 0.480 e. The topological polar surface area (TPSA) is 93.3 Å². The third kappa shape index (κ3) is 6.25. The molecule has 0 amide bonds. The van der Waals surface area contributed by atoms with Crippen molar-refractivity contribution in [3.63, 3.8) is 0 Å². The van der Waals surface area contributed by atoms with Gasteiger partial charge in [0.25, 0.3) is 5.56 Å². The molecule has 9 heteroatoms. The van der Waals surface area contributed by atoms with E-state index in [0.717, 1.165) is 10.1 Å². The number of hydrogen-bond donors (Lipinski definition) is 2. The minimum atomic E-state index is -1.04. The van der Waals surface area contributed by atoms with Crippen molar-refractivity contribution in [3.05, 3.63) is 150 Å². The van der Waals surface area contributed by atoms with Gasteiger partial charge < -0.3 is 5.11 Å². The first-order chi connectivity index (χ1) is 20.2. The van der Waals surface area contributed by atoms with E-state index < -0.39 is 29.3 Å². The number of aliphatic carboxylic acids is 1. The summed E-state index contributed by atoms with van der Waals surface area (Å²) in [4.78, 5) is 39.3. The molecule has 0 bridgehead atoms. The van der Waals surface area contributed by atoms with Crippen LogP contribution in [0.2, 0.25) is 0 Å². The van der Waals surface area contributed by atoms with Crippen molar-refractivity contribution in [2.24, 2.45) is 0 Å². The van der Waals surface area contributed by atoms with Gasteiger partial charge in [-0.05, 0) is 60.9 Å². The molecule has 1 aliphatic carbocycles. The molecule has 212 valence electrons. The summed E-state index contributed by atoms with van der Waals surface area (Å²) in [7, 11) is 0. The van der Waals surface area contributed by atoms with E-state index in [1.807, 2.05) is 30.3 Å². The molecule has 0 saturated heterocycles. The molecule has 5 rings (SSSR count). The van der Waals surface area contributed by atoms with Crippen molar-refractivity contribution in [2.75, 3.05) is 0 Å². The number of aromatic nitrogens is 2. The molecule has 42 heavy (non-hydrogen) atoms.